The maximum atomic E-state index is 13.2. The van der Waals surface area contributed by atoms with Gasteiger partial charge in [0, 0.05) is 5.38 Å². The SMILES string of the molecule is CC(c1ccccc1)n1c(-c2ccco2)csc1=Nc1ccc(F)cc1. The fraction of sp³-hybridized carbons (Fsp3) is 0.0952. The first-order chi connectivity index (χ1) is 12.7. The van der Waals surface area contributed by atoms with E-state index >= 15 is 0 Å². The van der Waals surface area contributed by atoms with Crippen LogP contribution in [-0.2, 0) is 0 Å². The van der Waals surface area contributed by atoms with Gasteiger partial charge in [0.15, 0.2) is 10.6 Å². The van der Waals surface area contributed by atoms with Gasteiger partial charge in [0.05, 0.1) is 23.7 Å². The summed E-state index contributed by atoms with van der Waals surface area (Å²) in [6.45, 7) is 2.14. The molecule has 0 spiro atoms. The molecule has 2 heterocycles. The van der Waals surface area contributed by atoms with Crippen molar-refractivity contribution < 1.29 is 8.81 Å². The first-order valence-electron chi connectivity index (χ1n) is 8.31. The summed E-state index contributed by atoms with van der Waals surface area (Å²) in [5, 5.41) is 2.04. The molecule has 4 aromatic rings. The molecule has 26 heavy (non-hydrogen) atoms. The molecule has 0 saturated carbocycles. The van der Waals surface area contributed by atoms with Gasteiger partial charge in [-0.2, -0.15) is 0 Å². The fourth-order valence-electron chi connectivity index (χ4n) is 2.89. The minimum atomic E-state index is -0.267. The predicted molar refractivity (Wildman–Crippen MR) is 102 cm³/mol. The van der Waals surface area contributed by atoms with Gasteiger partial charge >= 0.3 is 0 Å². The Hall–Kier alpha value is -2.92. The number of thiazole rings is 1. The van der Waals surface area contributed by atoms with Crippen molar-refractivity contribution in [2.24, 2.45) is 4.99 Å². The molecule has 0 aliphatic rings. The van der Waals surface area contributed by atoms with Gasteiger partial charge in [0.1, 0.15) is 5.82 Å². The largest absolute Gasteiger partial charge is 0.463 e. The molecule has 2 aromatic carbocycles. The Morgan fingerprint density at radius 2 is 1.77 bits per heavy atom. The Morgan fingerprint density at radius 3 is 2.46 bits per heavy atom. The maximum absolute atomic E-state index is 13.2. The summed E-state index contributed by atoms with van der Waals surface area (Å²) in [7, 11) is 0. The van der Waals surface area contributed by atoms with Crippen molar-refractivity contribution in [3.05, 3.63) is 94.6 Å². The highest BCUT2D eigenvalue weighted by Gasteiger charge is 2.17. The van der Waals surface area contributed by atoms with Crippen LogP contribution in [0.3, 0.4) is 0 Å². The molecule has 0 aliphatic carbocycles. The van der Waals surface area contributed by atoms with Crippen LogP contribution in [0, 0.1) is 5.82 Å². The lowest BCUT2D eigenvalue weighted by atomic mass is 10.1. The number of nitrogens with zero attached hydrogens (tertiary/aromatic N) is 2. The predicted octanol–water partition coefficient (Wildman–Crippen LogP) is 5.79. The van der Waals surface area contributed by atoms with Crippen molar-refractivity contribution in [2.75, 3.05) is 0 Å². The Balaban J connectivity index is 1.88. The van der Waals surface area contributed by atoms with Crippen molar-refractivity contribution in [1.29, 1.82) is 0 Å². The first kappa shape index (κ1) is 16.5. The number of halogens is 1. The lowest BCUT2D eigenvalue weighted by Gasteiger charge is -2.17. The zero-order valence-corrected chi connectivity index (χ0v) is 15.0. The third kappa shape index (κ3) is 3.26. The van der Waals surface area contributed by atoms with E-state index in [4.69, 9.17) is 9.41 Å². The minimum Gasteiger partial charge on any atom is -0.463 e. The van der Waals surface area contributed by atoms with Gasteiger partial charge < -0.3 is 8.98 Å². The monoisotopic (exact) mass is 364 g/mol. The van der Waals surface area contributed by atoms with Gasteiger partial charge in [-0.15, -0.1) is 11.3 Å². The summed E-state index contributed by atoms with van der Waals surface area (Å²) in [4.78, 5) is 5.57. The summed E-state index contributed by atoms with van der Waals surface area (Å²) in [5.74, 6) is 0.529. The number of benzene rings is 2. The van der Waals surface area contributed by atoms with Gasteiger partial charge in [0.2, 0.25) is 0 Å². The Bertz CT molecular complexity index is 1050. The molecule has 0 amide bonds. The average Bonchev–Trinajstić information content (AvgIpc) is 3.33. The highest BCUT2D eigenvalue weighted by molar-refractivity contribution is 7.07. The van der Waals surface area contributed by atoms with Crippen LogP contribution in [0.2, 0.25) is 0 Å². The maximum Gasteiger partial charge on any atom is 0.191 e. The van der Waals surface area contributed by atoms with Gasteiger partial charge in [-0.3, -0.25) is 0 Å². The van der Waals surface area contributed by atoms with Crippen LogP contribution in [0.4, 0.5) is 10.1 Å². The molecule has 0 fully saturated rings. The minimum absolute atomic E-state index is 0.0711. The Kier molecular flexibility index (Phi) is 4.54. The summed E-state index contributed by atoms with van der Waals surface area (Å²) in [6.07, 6.45) is 1.67. The molecule has 0 saturated heterocycles. The number of furan rings is 1. The van der Waals surface area contributed by atoms with Crippen LogP contribution in [0.1, 0.15) is 18.5 Å². The van der Waals surface area contributed by atoms with Crippen LogP contribution >= 0.6 is 11.3 Å². The van der Waals surface area contributed by atoms with Gasteiger partial charge in [0.25, 0.3) is 0 Å². The Morgan fingerprint density at radius 1 is 1.00 bits per heavy atom. The molecule has 2 aromatic heterocycles. The highest BCUT2D eigenvalue weighted by atomic mass is 32.1. The van der Waals surface area contributed by atoms with Crippen molar-refractivity contribution in [3.8, 4) is 11.5 Å². The van der Waals surface area contributed by atoms with E-state index in [-0.39, 0.29) is 11.9 Å². The smallest absolute Gasteiger partial charge is 0.191 e. The normalized spacial score (nSPS) is 13.1. The molecule has 130 valence electrons. The van der Waals surface area contributed by atoms with E-state index in [1.54, 1.807) is 18.4 Å². The summed E-state index contributed by atoms with van der Waals surface area (Å²) < 4.78 is 21.0. The van der Waals surface area contributed by atoms with E-state index in [2.05, 4.69) is 23.6 Å². The quantitative estimate of drug-likeness (QED) is 0.451. The van der Waals surface area contributed by atoms with Gasteiger partial charge in [-0.25, -0.2) is 9.38 Å². The number of hydrogen-bond acceptors (Lipinski definition) is 3. The van der Waals surface area contributed by atoms with E-state index in [0.29, 0.717) is 5.69 Å². The van der Waals surface area contributed by atoms with Gasteiger partial charge in [-0.05, 0) is 48.9 Å². The van der Waals surface area contributed by atoms with Crippen molar-refractivity contribution in [3.63, 3.8) is 0 Å². The van der Waals surface area contributed by atoms with E-state index in [0.717, 1.165) is 16.3 Å². The van der Waals surface area contributed by atoms with Gasteiger partial charge in [-0.1, -0.05) is 30.3 Å². The summed E-state index contributed by atoms with van der Waals surface area (Å²) in [6, 6.07) is 20.4. The molecule has 5 heteroatoms. The second kappa shape index (κ2) is 7.14. The molecule has 0 bridgehead atoms. The highest BCUT2D eigenvalue weighted by Crippen LogP contribution is 2.27. The van der Waals surface area contributed by atoms with Crippen molar-refractivity contribution in [2.45, 2.75) is 13.0 Å². The van der Waals surface area contributed by atoms with E-state index < -0.39 is 0 Å². The van der Waals surface area contributed by atoms with Crippen LogP contribution < -0.4 is 4.80 Å². The molecule has 3 nitrogen and oxygen atoms in total. The van der Waals surface area contributed by atoms with Crippen molar-refractivity contribution >= 4 is 17.0 Å². The number of aromatic nitrogens is 1. The standard InChI is InChI=1S/C21H17FN2OS/c1-15(16-6-3-2-4-7-16)24-19(20-8-5-13-25-20)14-26-21(24)23-18-11-9-17(22)10-12-18/h2-15H,1H3. The molecule has 4 rings (SSSR count). The molecule has 1 unspecified atom stereocenters. The second-order valence-electron chi connectivity index (χ2n) is 5.93. The lowest BCUT2D eigenvalue weighted by molar-refractivity contribution is 0.560. The molecule has 1 atom stereocenters. The fourth-order valence-corrected chi connectivity index (χ4v) is 3.86. The second-order valence-corrected chi connectivity index (χ2v) is 6.76. The third-order valence-corrected chi connectivity index (χ3v) is 5.08. The molecule has 0 aliphatic heterocycles. The first-order valence-corrected chi connectivity index (χ1v) is 9.19. The van der Waals surface area contributed by atoms with Crippen LogP contribution in [-0.4, -0.2) is 4.57 Å². The zero-order chi connectivity index (χ0) is 17.9. The molecular weight excluding hydrogens is 347 g/mol. The lowest BCUT2D eigenvalue weighted by Crippen LogP contribution is -2.20. The van der Waals surface area contributed by atoms with E-state index in [1.807, 2.05) is 35.7 Å². The number of rotatable bonds is 4. The molecule has 0 radical (unpaired) electrons. The molecular formula is C21H17FN2OS. The number of hydrogen-bond donors (Lipinski definition) is 0. The Labute approximate surface area is 154 Å². The average molecular weight is 364 g/mol. The van der Waals surface area contributed by atoms with Crippen LogP contribution in [0.15, 0.2) is 87.8 Å². The summed E-state index contributed by atoms with van der Waals surface area (Å²) in [5.41, 5.74) is 2.87. The van der Waals surface area contributed by atoms with Crippen LogP contribution in [0.5, 0.6) is 0 Å². The van der Waals surface area contributed by atoms with Crippen LogP contribution in [0.25, 0.3) is 11.5 Å². The third-order valence-electron chi connectivity index (χ3n) is 4.24. The van der Waals surface area contributed by atoms with Crippen molar-refractivity contribution in [1.82, 2.24) is 4.57 Å². The van der Waals surface area contributed by atoms with E-state index in [9.17, 15) is 4.39 Å². The zero-order valence-electron chi connectivity index (χ0n) is 14.2. The molecule has 0 N–H and O–H groups in total. The van der Waals surface area contributed by atoms with E-state index in [1.165, 1.54) is 29.0 Å². The summed E-state index contributed by atoms with van der Waals surface area (Å²) >= 11 is 1.54. The topological polar surface area (TPSA) is 30.4 Å².